The van der Waals surface area contributed by atoms with Gasteiger partial charge in [0.15, 0.2) is 0 Å². The van der Waals surface area contributed by atoms with E-state index in [0.29, 0.717) is 18.4 Å². The monoisotopic (exact) mass is 627 g/mol. The third-order valence-electron chi connectivity index (χ3n) is 8.86. The molecule has 234 valence electrons. The lowest BCUT2D eigenvalue weighted by Gasteiger charge is -2.39. The van der Waals surface area contributed by atoms with Gasteiger partial charge >= 0.3 is 6.09 Å². The average Bonchev–Trinajstić information content (AvgIpc) is 3.34. The van der Waals surface area contributed by atoms with Crippen molar-refractivity contribution in [2.75, 3.05) is 44.2 Å². The van der Waals surface area contributed by atoms with Crippen molar-refractivity contribution in [3.8, 4) is 0 Å². The summed E-state index contributed by atoms with van der Waals surface area (Å²) >= 11 is 0. The summed E-state index contributed by atoms with van der Waals surface area (Å²) in [5.74, 6) is -1.96. The Morgan fingerprint density at radius 1 is 0.955 bits per heavy atom. The Kier molecular flexibility index (Phi) is 8.29. The van der Waals surface area contributed by atoms with Crippen LogP contribution in [-0.4, -0.2) is 96.9 Å². The molecule has 3 fully saturated rings. The van der Waals surface area contributed by atoms with Crippen LogP contribution in [0.4, 0.5) is 14.9 Å². The molecule has 0 saturated carbocycles. The molecule has 2 aromatic carbocycles. The third-order valence-corrected chi connectivity index (χ3v) is 11.3. The molecule has 0 bridgehead atoms. The average molecular weight is 628 g/mol. The zero-order chi connectivity index (χ0) is 31.0. The lowest BCUT2D eigenvalue weighted by atomic mass is 10.0. The molecule has 6 rings (SSSR count). The first kappa shape index (κ1) is 30.0. The number of nitrogens with zero attached hydrogens (tertiary/aromatic N) is 4. The third kappa shape index (κ3) is 5.87. The van der Waals surface area contributed by atoms with Crippen LogP contribution in [0.1, 0.15) is 47.2 Å². The first-order valence-electron chi connectivity index (χ1n) is 14.8. The van der Waals surface area contributed by atoms with E-state index in [-0.39, 0.29) is 82.4 Å². The largest absolute Gasteiger partial charge is 0.445 e. The fraction of sp³-hybridized carbons (Fsp3) is 0.467. The van der Waals surface area contributed by atoms with E-state index in [0.717, 1.165) is 5.56 Å². The minimum atomic E-state index is -3.63. The molecule has 3 saturated heterocycles. The number of sulfonamides is 1. The number of piperazine rings is 1. The van der Waals surface area contributed by atoms with Gasteiger partial charge in [0.1, 0.15) is 18.5 Å². The first-order chi connectivity index (χ1) is 21.1. The maximum absolute atomic E-state index is 15.3. The van der Waals surface area contributed by atoms with Gasteiger partial charge in [-0.2, -0.15) is 4.31 Å². The van der Waals surface area contributed by atoms with Crippen molar-refractivity contribution in [1.82, 2.24) is 19.4 Å². The van der Waals surface area contributed by atoms with Gasteiger partial charge in [-0.05, 0) is 42.5 Å². The molecular weight excluding hydrogens is 593 g/mol. The Balaban J connectivity index is 1.03. The fourth-order valence-electron chi connectivity index (χ4n) is 6.36. The van der Waals surface area contributed by atoms with Crippen LogP contribution < -0.4 is 10.2 Å². The maximum atomic E-state index is 15.3. The molecule has 14 heteroatoms. The van der Waals surface area contributed by atoms with Crippen molar-refractivity contribution >= 4 is 39.5 Å². The van der Waals surface area contributed by atoms with Crippen LogP contribution in [0.5, 0.6) is 0 Å². The summed E-state index contributed by atoms with van der Waals surface area (Å²) in [6.07, 6.45) is 0.494. The highest BCUT2D eigenvalue weighted by atomic mass is 32.2. The Hall–Kier alpha value is -4.04. The number of imide groups is 1. The van der Waals surface area contributed by atoms with Crippen molar-refractivity contribution in [3.63, 3.8) is 0 Å². The van der Waals surface area contributed by atoms with Crippen LogP contribution >= 0.6 is 0 Å². The van der Waals surface area contributed by atoms with Gasteiger partial charge in [0.05, 0.1) is 10.9 Å². The van der Waals surface area contributed by atoms with Crippen molar-refractivity contribution in [2.24, 2.45) is 0 Å². The number of rotatable bonds is 6. The molecule has 1 N–H and O–H groups in total. The Morgan fingerprint density at radius 2 is 1.66 bits per heavy atom. The van der Waals surface area contributed by atoms with Crippen LogP contribution in [0.25, 0.3) is 0 Å². The standard InChI is InChI=1S/C30H34FN5O7S/c31-24-17-23-21(18-36(29(23)39)25-6-7-27(37)32-28(25)38)16-26(24)33-12-14-35(15-13-33)44(41,42)22-8-10-34(11-9-22)30(40)43-19-20-4-2-1-3-5-20/h1-5,16-17,22,25H,6-15,18-19H2,(H,32,37,38). The predicted octanol–water partition coefficient (Wildman–Crippen LogP) is 1.84. The molecule has 0 aromatic heterocycles. The highest BCUT2D eigenvalue weighted by Gasteiger charge is 2.41. The van der Waals surface area contributed by atoms with Gasteiger partial charge < -0.3 is 19.4 Å². The van der Waals surface area contributed by atoms with Crippen molar-refractivity contribution in [3.05, 3.63) is 65.0 Å². The molecule has 0 radical (unpaired) electrons. The normalized spacial score (nSPS) is 21.8. The van der Waals surface area contributed by atoms with Crippen molar-refractivity contribution < 1.29 is 36.7 Å². The van der Waals surface area contributed by atoms with Crippen LogP contribution in [0, 0.1) is 5.82 Å². The second-order valence-corrected chi connectivity index (χ2v) is 13.7. The number of piperidine rings is 2. The molecule has 4 aliphatic rings. The zero-order valence-corrected chi connectivity index (χ0v) is 24.9. The Morgan fingerprint density at radius 3 is 2.34 bits per heavy atom. The zero-order valence-electron chi connectivity index (χ0n) is 24.1. The van der Waals surface area contributed by atoms with Gasteiger partial charge in [-0.15, -0.1) is 0 Å². The Bertz CT molecular complexity index is 1570. The number of fused-ring (bicyclic) bond motifs is 1. The van der Waals surface area contributed by atoms with E-state index in [9.17, 15) is 27.6 Å². The lowest BCUT2D eigenvalue weighted by molar-refractivity contribution is -0.136. The smallest absolute Gasteiger partial charge is 0.410 e. The molecule has 1 atom stereocenters. The number of hydrogen-bond donors (Lipinski definition) is 1. The minimum Gasteiger partial charge on any atom is -0.445 e. The van der Waals surface area contributed by atoms with E-state index >= 15 is 4.39 Å². The van der Waals surface area contributed by atoms with Crippen LogP contribution in [0.3, 0.4) is 0 Å². The summed E-state index contributed by atoms with van der Waals surface area (Å²) in [5, 5.41) is 1.64. The minimum absolute atomic E-state index is 0.126. The number of halogens is 1. The fourth-order valence-corrected chi connectivity index (χ4v) is 8.26. The highest BCUT2D eigenvalue weighted by molar-refractivity contribution is 7.89. The number of amides is 4. The molecule has 4 amide bonds. The molecule has 4 heterocycles. The summed E-state index contributed by atoms with van der Waals surface area (Å²) in [7, 11) is -3.63. The topological polar surface area (TPSA) is 137 Å². The molecule has 1 unspecified atom stereocenters. The van der Waals surface area contributed by atoms with E-state index in [1.807, 2.05) is 30.3 Å². The van der Waals surface area contributed by atoms with Crippen molar-refractivity contribution in [2.45, 2.75) is 50.1 Å². The Labute approximate surface area is 254 Å². The number of nitrogens with one attached hydrogen (secondary N) is 1. The first-order valence-corrected chi connectivity index (χ1v) is 16.3. The van der Waals surface area contributed by atoms with Gasteiger partial charge in [-0.25, -0.2) is 17.6 Å². The molecular formula is C30H34FN5O7S. The van der Waals surface area contributed by atoms with E-state index < -0.39 is 45.0 Å². The number of ether oxygens (including phenoxy) is 1. The number of likely N-dealkylation sites (tertiary alicyclic amines) is 1. The van der Waals surface area contributed by atoms with Crippen molar-refractivity contribution in [1.29, 1.82) is 0 Å². The second kappa shape index (κ2) is 12.2. The second-order valence-electron chi connectivity index (χ2n) is 11.5. The predicted molar refractivity (Wildman–Crippen MR) is 156 cm³/mol. The molecule has 44 heavy (non-hydrogen) atoms. The van der Waals surface area contributed by atoms with Gasteiger partial charge in [-0.3, -0.25) is 19.7 Å². The van der Waals surface area contributed by atoms with Crippen LogP contribution in [-0.2, 0) is 37.5 Å². The maximum Gasteiger partial charge on any atom is 0.410 e. The molecule has 2 aromatic rings. The van der Waals surface area contributed by atoms with E-state index in [4.69, 9.17) is 4.74 Å². The van der Waals surface area contributed by atoms with E-state index in [1.165, 1.54) is 20.2 Å². The van der Waals surface area contributed by atoms with Gasteiger partial charge in [-0.1, -0.05) is 30.3 Å². The van der Waals surface area contributed by atoms with Crippen LogP contribution in [0.15, 0.2) is 42.5 Å². The van der Waals surface area contributed by atoms with Crippen LogP contribution in [0.2, 0.25) is 0 Å². The summed E-state index contributed by atoms with van der Waals surface area (Å²) in [4.78, 5) is 54.0. The number of carbonyl (C=O) groups excluding carboxylic acids is 4. The summed E-state index contributed by atoms with van der Waals surface area (Å²) in [5.41, 5.74) is 1.92. The number of carbonyl (C=O) groups is 4. The van der Waals surface area contributed by atoms with Gasteiger partial charge in [0.25, 0.3) is 5.91 Å². The number of anilines is 1. The van der Waals surface area contributed by atoms with E-state index in [2.05, 4.69) is 5.32 Å². The molecule has 12 nitrogen and oxygen atoms in total. The van der Waals surface area contributed by atoms with Gasteiger partial charge in [0, 0.05) is 57.8 Å². The summed E-state index contributed by atoms with van der Waals surface area (Å²) < 4.78 is 49.0. The van der Waals surface area contributed by atoms with E-state index in [1.54, 1.807) is 11.0 Å². The lowest BCUT2D eigenvalue weighted by Crippen LogP contribution is -2.53. The molecule has 0 spiro atoms. The number of benzene rings is 2. The number of hydrogen-bond acceptors (Lipinski definition) is 8. The molecule has 4 aliphatic heterocycles. The highest BCUT2D eigenvalue weighted by Crippen LogP contribution is 2.33. The quantitative estimate of drug-likeness (QED) is 0.480. The summed E-state index contributed by atoms with van der Waals surface area (Å²) in [6.45, 7) is 1.74. The van der Waals surface area contributed by atoms with Gasteiger partial charge in [0.2, 0.25) is 21.8 Å². The SMILES string of the molecule is O=C1CCC(N2Cc3cc(N4CCN(S(=O)(=O)C5CCN(C(=O)OCc6ccccc6)CC5)CC4)c(F)cc3C2=O)C(=O)N1. The summed E-state index contributed by atoms with van der Waals surface area (Å²) in [6, 6.07) is 11.3. The molecule has 0 aliphatic carbocycles.